The summed E-state index contributed by atoms with van der Waals surface area (Å²) in [7, 11) is 1.72. The number of hydrogen-bond acceptors (Lipinski definition) is 6. The molecular weight excluding hydrogens is 362 g/mol. The first-order valence-electron chi connectivity index (χ1n) is 9.94. The van der Waals surface area contributed by atoms with Crippen molar-refractivity contribution in [2.24, 2.45) is 0 Å². The van der Waals surface area contributed by atoms with E-state index in [1.807, 2.05) is 24.4 Å². The Labute approximate surface area is 172 Å². The van der Waals surface area contributed by atoms with E-state index in [2.05, 4.69) is 64.3 Å². The van der Waals surface area contributed by atoms with Crippen molar-refractivity contribution in [3.05, 3.63) is 65.9 Å². The van der Waals surface area contributed by atoms with E-state index >= 15 is 0 Å². The molecule has 2 heterocycles. The van der Waals surface area contributed by atoms with E-state index in [0.29, 0.717) is 0 Å². The zero-order valence-electron chi connectivity index (χ0n) is 17.2. The van der Waals surface area contributed by atoms with Crippen LogP contribution in [0.3, 0.4) is 0 Å². The molecule has 0 unspecified atom stereocenters. The maximum Gasteiger partial charge on any atom is 0.227 e. The highest BCUT2D eigenvalue weighted by molar-refractivity contribution is 5.62. The largest absolute Gasteiger partial charge is 0.495 e. The predicted octanol–water partition coefficient (Wildman–Crippen LogP) is 4.17. The second-order valence-electron chi connectivity index (χ2n) is 7.33. The summed E-state index contributed by atoms with van der Waals surface area (Å²) in [4.78, 5) is 13.8. The van der Waals surface area contributed by atoms with Crippen LogP contribution in [0.15, 0.2) is 54.7 Å². The molecule has 2 aromatic carbocycles. The Bertz CT molecular complexity index is 983. The number of ether oxygens (including phenoxy) is 1. The number of anilines is 4. The molecule has 150 valence electrons. The second-order valence-corrected chi connectivity index (χ2v) is 7.33. The van der Waals surface area contributed by atoms with Crippen LogP contribution in [0.4, 0.5) is 23.1 Å². The average Bonchev–Trinajstić information content (AvgIpc) is 2.76. The molecule has 0 atom stereocenters. The van der Waals surface area contributed by atoms with Gasteiger partial charge >= 0.3 is 0 Å². The Balaban J connectivity index is 1.44. The molecule has 0 bridgehead atoms. The number of para-hydroxylation sites is 2. The average molecular weight is 390 g/mol. The number of rotatable bonds is 5. The lowest BCUT2D eigenvalue weighted by Crippen LogP contribution is -2.47. The molecule has 1 fully saturated rings. The topological polar surface area (TPSA) is 53.5 Å². The molecule has 1 aromatic heterocycles. The number of methoxy groups -OCH3 is 1. The van der Waals surface area contributed by atoms with Crippen molar-refractivity contribution in [2.45, 2.75) is 13.8 Å². The molecule has 6 heteroatoms. The summed E-state index contributed by atoms with van der Waals surface area (Å²) in [6, 6.07) is 16.4. The minimum absolute atomic E-state index is 0.763. The SMILES string of the molecule is COc1ccccc1N1CCN(c2nccc(Nc3ccc(C)cc3C)n2)CC1. The Morgan fingerprint density at radius 2 is 1.69 bits per heavy atom. The monoisotopic (exact) mass is 389 g/mol. The summed E-state index contributed by atoms with van der Waals surface area (Å²) in [5.41, 5.74) is 4.67. The minimum Gasteiger partial charge on any atom is -0.495 e. The molecule has 29 heavy (non-hydrogen) atoms. The maximum absolute atomic E-state index is 5.51. The number of nitrogens with zero attached hydrogens (tertiary/aromatic N) is 4. The fraction of sp³-hybridized carbons (Fsp3) is 0.304. The highest BCUT2D eigenvalue weighted by Crippen LogP contribution is 2.29. The molecule has 0 amide bonds. The molecule has 3 aromatic rings. The second kappa shape index (κ2) is 8.39. The molecular formula is C23H27N5O. The molecule has 1 N–H and O–H groups in total. The van der Waals surface area contributed by atoms with Gasteiger partial charge in [0, 0.05) is 38.1 Å². The zero-order chi connectivity index (χ0) is 20.2. The first-order valence-corrected chi connectivity index (χ1v) is 9.94. The van der Waals surface area contributed by atoms with Gasteiger partial charge in [-0.25, -0.2) is 4.98 Å². The summed E-state index contributed by atoms with van der Waals surface area (Å²) >= 11 is 0. The van der Waals surface area contributed by atoms with Gasteiger partial charge in [0.15, 0.2) is 0 Å². The zero-order valence-corrected chi connectivity index (χ0v) is 17.2. The van der Waals surface area contributed by atoms with Gasteiger partial charge in [0.1, 0.15) is 11.6 Å². The molecule has 1 saturated heterocycles. The van der Waals surface area contributed by atoms with Crippen LogP contribution in [-0.2, 0) is 0 Å². The number of piperazine rings is 1. The third kappa shape index (κ3) is 4.26. The van der Waals surface area contributed by atoms with E-state index in [9.17, 15) is 0 Å². The van der Waals surface area contributed by atoms with Gasteiger partial charge in [-0.3, -0.25) is 0 Å². The summed E-state index contributed by atoms with van der Waals surface area (Å²) in [5, 5.41) is 3.42. The molecule has 0 spiro atoms. The highest BCUT2D eigenvalue weighted by atomic mass is 16.5. The number of benzene rings is 2. The molecule has 0 saturated carbocycles. The molecule has 6 nitrogen and oxygen atoms in total. The fourth-order valence-corrected chi connectivity index (χ4v) is 3.70. The summed E-state index contributed by atoms with van der Waals surface area (Å²) in [6.45, 7) is 7.74. The van der Waals surface area contributed by atoms with Crippen molar-refractivity contribution in [1.82, 2.24) is 9.97 Å². The highest BCUT2D eigenvalue weighted by Gasteiger charge is 2.21. The van der Waals surface area contributed by atoms with Crippen LogP contribution in [0.2, 0.25) is 0 Å². The van der Waals surface area contributed by atoms with E-state index < -0.39 is 0 Å². The van der Waals surface area contributed by atoms with Gasteiger partial charge in [-0.05, 0) is 43.7 Å². The van der Waals surface area contributed by atoms with Gasteiger partial charge in [-0.15, -0.1) is 0 Å². The Hall–Kier alpha value is -3.28. The molecule has 0 aliphatic carbocycles. The normalized spacial score (nSPS) is 14.0. The van der Waals surface area contributed by atoms with E-state index in [1.54, 1.807) is 7.11 Å². The Kier molecular flexibility index (Phi) is 5.51. The number of nitrogens with one attached hydrogen (secondary N) is 1. The van der Waals surface area contributed by atoms with Crippen LogP contribution < -0.4 is 19.9 Å². The minimum atomic E-state index is 0.763. The Morgan fingerprint density at radius 1 is 0.931 bits per heavy atom. The first-order chi connectivity index (χ1) is 14.1. The van der Waals surface area contributed by atoms with Crippen molar-refractivity contribution in [1.29, 1.82) is 0 Å². The van der Waals surface area contributed by atoms with Crippen molar-refractivity contribution in [3.63, 3.8) is 0 Å². The van der Waals surface area contributed by atoms with Gasteiger partial charge in [0.05, 0.1) is 12.8 Å². The van der Waals surface area contributed by atoms with Crippen LogP contribution in [0.5, 0.6) is 5.75 Å². The summed E-state index contributed by atoms with van der Waals surface area (Å²) in [5.74, 6) is 2.49. The number of aryl methyl sites for hydroxylation is 2. The van der Waals surface area contributed by atoms with Crippen molar-refractivity contribution >= 4 is 23.1 Å². The molecule has 1 aliphatic rings. The lowest BCUT2D eigenvalue weighted by Gasteiger charge is -2.36. The van der Waals surface area contributed by atoms with Gasteiger partial charge < -0.3 is 19.9 Å². The lowest BCUT2D eigenvalue weighted by molar-refractivity contribution is 0.413. The van der Waals surface area contributed by atoms with Crippen molar-refractivity contribution in [2.75, 3.05) is 48.4 Å². The smallest absolute Gasteiger partial charge is 0.227 e. The van der Waals surface area contributed by atoms with E-state index in [-0.39, 0.29) is 0 Å². The maximum atomic E-state index is 5.51. The quantitative estimate of drug-likeness (QED) is 0.707. The molecule has 4 rings (SSSR count). The van der Waals surface area contributed by atoms with E-state index in [1.165, 1.54) is 11.1 Å². The van der Waals surface area contributed by atoms with E-state index in [0.717, 1.165) is 55.1 Å². The van der Waals surface area contributed by atoms with E-state index in [4.69, 9.17) is 9.72 Å². The fourth-order valence-electron chi connectivity index (χ4n) is 3.70. The molecule has 1 aliphatic heterocycles. The van der Waals surface area contributed by atoms with Gasteiger partial charge in [-0.1, -0.05) is 29.8 Å². The third-order valence-corrected chi connectivity index (χ3v) is 5.28. The van der Waals surface area contributed by atoms with Crippen molar-refractivity contribution < 1.29 is 4.74 Å². The predicted molar refractivity (Wildman–Crippen MR) is 119 cm³/mol. The van der Waals surface area contributed by atoms with Gasteiger partial charge in [0.2, 0.25) is 5.95 Å². The lowest BCUT2D eigenvalue weighted by atomic mass is 10.1. The summed E-state index contributed by atoms with van der Waals surface area (Å²) < 4.78 is 5.51. The standard InChI is InChI=1S/C23H27N5O/c1-17-8-9-19(18(2)16-17)25-22-10-11-24-23(26-22)28-14-12-27(13-15-28)20-6-4-5-7-21(20)29-3/h4-11,16H,12-15H2,1-3H3,(H,24,25,26). The molecule has 0 radical (unpaired) electrons. The third-order valence-electron chi connectivity index (χ3n) is 5.28. The van der Waals surface area contributed by atoms with Gasteiger partial charge in [-0.2, -0.15) is 4.98 Å². The number of hydrogen-bond donors (Lipinski definition) is 1. The Morgan fingerprint density at radius 3 is 2.45 bits per heavy atom. The van der Waals surface area contributed by atoms with Crippen LogP contribution >= 0.6 is 0 Å². The summed E-state index contributed by atoms with van der Waals surface area (Å²) in [6.07, 6.45) is 1.82. The van der Waals surface area contributed by atoms with Crippen molar-refractivity contribution in [3.8, 4) is 5.75 Å². The van der Waals surface area contributed by atoms with Crippen LogP contribution in [-0.4, -0.2) is 43.3 Å². The van der Waals surface area contributed by atoms with Crippen LogP contribution in [0, 0.1) is 13.8 Å². The van der Waals surface area contributed by atoms with Gasteiger partial charge in [0.25, 0.3) is 0 Å². The first kappa shape index (κ1) is 19.1. The van der Waals surface area contributed by atoms with Crippen LogP contribution in [0.1, 0.15) is 11.1 Å². The number of aromatic nitrogens is 2. The van der Waals surface area contributed by atoms with Crippen LogP contribution in [0.25, 0.3) is 0 Å².